The predicted octanol–water partition coefficient (Wildman–Crippen LogP) is 2.97. The molecule has 4 aromatic carbocycles. The first kappa shape index (κ1) is 34.3. The fraction of sp³-hybridized carbons (Fsp3) is 0.400. The van der Waals surface area contributed by atoms with Crippen LogP contribution >= 0.6 is 15.8 Å². The van der Waals surface area contributed by atoms with Crippen molar-refractivity contribution in [3.8, 4) is 0 Å². The second-order valence-electron chi connectivity index (χ2n) is 9.87. The van der Waals surface area contributed by atoms with Crippen molar-refractivity contribution < 1.29 is 35.3 Å². The summed E-state index contributed by atoms with van der Waals surface area (Å²) in [5.74, 6) is 0. The van der Waals surface area contributed by atoms with Crippen LogP contribution < -0.4 is 20.0 Å². The summed E-state index contributed by atoms with van der Waals surface area (Å²) in [7, 11) is -0.0412. The minimum Gasteiger partial charge on any atom is -1.00 e. The van der Waals surface area contributed by atoms with E-state index in [-0.39, 0.29) is 51.1 Å². The van der Waals surface area contributed by atoms with Crippen LogP contribution in [0.4, 0.5) is 0 Å². The van der Waals surface area contributed by atoms with E-state index in [2.05, 4.69) is 128 Å². The minimum absolute atomic E-state index is 0. The molecule has 0 aromatic heterocycles. The van der Waals surface area contributed by atoms with Gasteiger partial charge in [-0.15, -0.1) is 80.7 Å². The van der Waals surface area contributed by atoms with E-state index in [1.54, 1.807) is 10.6 Å². The molecule has 0 atom stereocenters. The van der Waals surface area contributed by atoms with Gasteiger partial charge in [-0.25, -0.2) is 0 Å². The summed E-state index contributed by atoms with van der Waals surface area (Å²) in [6.45, 7) is 18.8. The molecule has 188 valence electrons. The van der Waals surface area contributed by atoms with Crippen molar-refractivity contribution in [2.24, 2.45) is 0 Å². The molecule has 5 heteroatoms. The molecule has 0 N–H and O–H groups in total. The molecule has 0 unspecified atom stereocenters. The number of benzene rings is 2. The maximum absolute atomic E-state index is 2.39. The normalized spacial score (nSPS) is 11.1. The Balaban J connectivity index is 0.000000608. The first-order valence-corrected chi connectivity index (χ1v) is 15.0. The van der Waals surface area contributed by atoms with Gasteiger partial charge in [0.15, 0.2) is 0 Å². The molecule has 4 rings (SSSR count). The van der Waals surface area contributed by atoms with Crippen LogP contribution in [0.2, 0.25) is 0 Å². The van der Waals surface area contributed by atoms with Gasteiger partial charge in [-0.3, -0.25) is 0 Å². The molecule has 0 aliphatic carbocycles. The molecule has 0 saturated carbocycles. The quantitative estimate of drug-likeness (QED) is 0.167. The van der Waals surface area contributed by atoms with E-state index in [1.165, 1.54) is 21.5 Å². The molecule has 0 aliphatic heterocycles. The average Bonchev–Trinajstić information content (AvgIpc) is 3.30. The zero-order valence-corrected chi connectivity index (χ0v) is 27.8. The minimum atomic E-state index is -0.0206. The number of rotatable bonds is 6. The van der Waals surface area contributed by atoms with Crippen molar-refractivity contribution in [3.05, 3.63) is 72.8 Å². The van der Waals surface area contributed by atoms with Gasteiger partial charge < -0.3 is 9.41 Å². The third-order valence-electron chi connectivity index (χ3n) is 6.03. The van der Waals surface area contributed by atoms with Crippen molar-refractivity contribution in [1.29, 1.82) is 0 Å². The Hall–Kier alpha value is -0.750. The van der Waals surface area contributed by atoms with E-state index in [1.807, 2.05) is 0 Å². The summed E-state index contributed by atoms with van der Waals surface area (Å²) in [5.41, 5.74) is 3.08. The van der Waals surface area contributed by atoms with Gasteiger partial charge in [0, 0.05) is 0 Å². The summed E-state index contributed by atoms with van der Waals surface area (Å²) in [5, 5.41) is 8.72. The van der Waals surface area contributed by atoms with Crippen LogP contribution in [-0.2, 0) is 25.8 Å². The summed E-state index contributed by atoms with van der Waals surface area (Å²) in [6.07, 6.45) is 0. The fourth-order valence-electron chi connectivity index (χ4n) is 4.95. The second-order valence-corrected chi connectivity index (χ2v) is 16.7. The van der Waals surface area contributed by atoms with E-state index in [4.69, 9.17) is 0 Å². The number of halogens is 2. The van der Waals surface area contributed by atoms with Gasteiger partial charge in [0.1, 0.15) is 0 Å². The molecule has 0 nitrogen and oxygen atoms in total. The van der Waals surface area contributed by atoms with Crippen LogP contribution in [0, 0.1) is 0 Å². The van der Waals surface area contributed by atoms with Gasteiger partial charge in [0.2, 0.25) is 0 Å². The Bertz CT molecular complexity index is 956. The Morgan fingerprint density at radius 2 is 0.800 bits per heavy atom. The van der Waals surface area contributed by atoms with Crippen LogP contribution in [0.5, 0.6) is 0 Å². The smallest absolute Gasteiger partial charge is 1.00 e. The zero-order valence-electron chi connectivity index (χ0n) is 22.4. The Morgan fingerprint density at radius 1 is 0.514 bits per heavy atom. The van der Waals surface area contributed by atoms with E-state index in [0.717, 1.165) is 22.6 Å². The van der Waals surface area contributed by atoms with Gasteiger partial charge in [-0.05, 0) is 22.6 Å². The van der Waals surface area contributed by atoms with E-state index in [9.17, 15) is 0 Å². The SMILES string of the molecule is CC(C)P(c1cc2ccccc2[cH-]1)C(C)C.CC(C)P(c1cc2ccccc2[cH-]1)C(C)C.[F-].[F-].[Hf+4]. The first-order valence-electron chi connectivity index (χ1n) is 12.1. The Labute approximate surface area is 233 Å². The molecular formula is C30H40F2HfP2. The van der Waals surface area contributed by atoms with E-state index < -0.39 is 0 Å². The molecule has 0 amide bonds. The van der Waals surface area contributed by atoms with E-state index in [0.29, 0.717) is 0 Å². The van der Waals surface area contributed by atoms with Crippen LogP contribution in [0.25, 0.3) is 21.5 Å². The Kier molecular flexibility index (Phi) is 15.2. The van der Waals surface area contributed by atoms with Crippen LogP contribution in [-0.4, -0.2) is 22.6 Å². The largest absolute Gasteiger partial charge is 4.00 e. The molecular weight excluding hydrogens is 639 g/mol. The van der Waals surface area contributed by atoms with Crippen molar-refractivity contribution in [3.63, 3.8) is 0 Å². The molecule has 0 aliphatic rings. The second kappa shape index (κ2) is 15.5. The molecule has 35 heavy (non-hydrogen) atoms. The third-order valence-corrected chi connectivity index (χ3v) is 12.2. The summed E-state index contributed by atoms with van der Waals surface area (Å²) in [4.78, 5) is 0. The van der Waals surface area contributed by atoms with Gasteiger partial charge in [-0.1, -0.05) is 83.4 Å². The fourth-order valence-corrected chi connectivity index (χ4v) is 10.9. The average molecular weight is 679 g/mol. The molecule has 0 fully saturated rings. The van der Waals surface area contributed by atoms with Crippen LogP contribution in [0.1, 0.15) is 55.4 Å². The predicted molar refractivity (Wildman–Crippen MR) is 153 cm³/mol. The van der Waals surface area contributed by atoms with Crippen molar-refractivity contribution in [2.45, 2.75) is 78.0 Å². The molecule has 0 radical (unpaired) electrons. The molecule has 0 saturated heterocycles. The first-order chi connectivity index (χ1) is 15.2. The number of hydrogen-bond acceptors (Lipinski definition) is 0. The Morgan fingerprint density at radius 3 is 1.06 bits per heavy atom. The topological polar surface area (TPSA) is 0 Å². The summed E-state index contributed by atoms with van der Waals surface area (Å²) in [6, 6.07) is 26.9. The molecule has 0 spiro atoms. The van der Waals surface area contributed by atoms with Crippen molar-refractivity contribution >= 4 is 48.0 Å². The van der Waals surface area contributed by atoms with Crippen LogP contribution in [0.3, 0.4) is 0 Å². The zero-order chi connectivity index (χ0) is 23.4. The monoisotopic (exact) mass is 680 g/mol. The van der Waals surface area contributed by atoms with Crippen molar-refractivity contribution in [1.82, 2.24) is 0 Å². The molecule has 0 bridgehead atoms. The third kappa shape index (κ3) is 8.66. The van der Waals surface area contributed by atoms with Gasteiger partial charge in [-0.2, -0.15) is 12.1 Å². The van der Waals surface area contributed by atoms with Gasteiger partial charge >= 0.3 is 25.8 Å². The van der Waals surface area contributed by atoms with Gasteiger partial charge in [0.05, 0.1) is 0 Å². The van der Waals surface area contributed by atoms with Crippen LogP contribution in [0.15, 0.2) is 72.8 Å². The van der Waals surface area contributed by atoms with Crippen molar-refractivity contribution in [2.75, 3.05) is 0 Å². The molecule has 0 heterocycles. The number of fused-ring (bicyclic) bond motifs is 2. The van der Waals surface area contributed by atoms with Gasteiger partial charge in [0.25, 0.3) is 0 Å². The maximum atomic E-state index is 2.39. The standard InChI is InChI=1S/2C15H20P.2FH.Hf/c2*1-11(2)16(12(3)4)15-9-13-7-5-6-8-14(13)10-15;;;/h2*5-12H,1-4H3;2*1H;/q2*-1;;;+4/p-2. The maximum Gasteiger partial charge on any atom is 4.00 e. The van der Waals surface area contributed by atoms with E-state index >= 15 is 0 Å². The molecule has 4 aromatic rings. The summed E-state index contributed by atoms with van der Waals surface area (Å²) < 4.78 is 0. The number of hydrogen-bond donors (Lipinski definition) is 0. The summed E-state index contributed by atoms with van der Waals surface area (Å²) >= 11 is 0.